The van der Waals surface area contributed by atoms with Gasteiger partial charge in [0.2, 0.25) is 0 Å². The number of ether oxygens (including phenoxy) is 1. The highest BCUT2D eigenvalue weighted by atomic mass is 127. The quantitative estimate of drug-likeness (QED) is 0.176. The van der Waals surface area contributed by atoms with Crippen molar-refractivity contribution in [2.45, 2.75) is 71.9 Å². The fourth-order valence-electron chi connectivity index (χ4n) is 2.52. The lowest BCUT2D eigenvalue weighted by molar-refractivity contribution is -0.154. The average molecular weight is 510 g/mol. The van der Waals surface area contributed by atoms with Gasteiger partial charge in [-0.1, -0.05) is 12.8 Å². The van der Waals surface area contributed by atoms with E-state index in [-0.39, 0.29) is 35.5 Å². The van der Waals surface area contributed by atoms with Crippen LogP contribution in [0.5, 0.6) is 0 Å². The van der Waals surface area contributed by atoms with Crippen molar-refractivity contribution in [1.29, 1.82) is 0 Å². The van der Waals surface area contributed by atoms with Crippen molar-refractivity contribution in [3.05, 3.63) is 16.1 Å². The second-order valence-electron chi connectivity index (χ2n) is 7.44. The van der Waals surface area contributed by atoms with Crippen molar-refractivity contribution in [1.82, 2.24) is 15.2 Å². The molecule has 0 amide bonds. The van der Waals surface area contributed by atoms with Crippen LogP contribution in [-0.2, 0) is 16.1 Å². The van der Waals surface area contributed by atoms with E-state index in [0.29, 0.717) is 6.42 Å². The molecular weight excluding hydrogens is 475 g/mol. The highest BCUT2D eigenvalue weighted by Gasteiger charge is 2.15. The number of unbranched alkanes of at least 4 members (excludes halogenated alkanes) is 3. The van der Waals surface area contributed by atoms with Crippen LogP contribution < -0.4 is 5.32 Å². The number of thiazole rings is 1. The van der Waals surface area contributed by atoms with E-state index in [2.05, 4.69) is 25.6 Å². The molecule has 27 heavy (non-hydrogen) atoms. The molecule has 8 heteroatoms. The van der Waals surface area contributed by atoms with E-state index in [1.807, 2.05) is 34.7 Å². The van der Waals surface area contributed by atoms with E-state index >= 15 is 0 Å². The average Bonchev–Trinajstić information content (AvgIpc) is 2.93. The van der Waals surface area contributed by atoms with Gasteiger partial charge in [-0.25, -0.2) is 4.98 Å². The molecular formula is C19H35IN4O2S. The summed E-state index contributed by atoms with van der Waals surface area (Å²) in [4.78, 5) is 22.5. The first-order valence-electron chi connectivity index (χ1n) is 9.26. The number of hydrogen-bond donors (Lipinski definition) is 1. The summed E-state index contributed by atoms with van der Waals surface area (Å²) >= 11 is 1.67. The van der Waals surface area contributed by atoms with Crippen molar-refractivity contribution in [2.75, 3.05) is 20.6 Å². The predicted octanol–water partition coefficient (Wildman–Crippen LogP) is 4.37. The minimum atomic E-state index is -0.389. The first-order chi connectivity index (χ1) is 12.2. The van der Waals surface area contributed by atoms with Crippen molar-refractivity contribution >= 4 is 47.2 Å². The lowest BCUT2D eigenvalue weighted by atomic mass is 10.1. The van der Waals surface area contributed by atoms with Crippen molar-refractivity contribution < 1.29 is 9.53 Å². The number of carbonyl (C=O) groups excluding carboxylic acids is 1. The van der Waals surface area contributed by atoms with Crippen LogP contribution in [0.2, 0.25) is 0 Å². The Balaban J connectivity index is 0.00000676. The second kappa shape index (κ2) is 13.3. The molecule has 0 aliphatic rings. The summed E-state index contributed by atoms with van der Waals surface area (Å²) in [6.45, 7) is 9.34. The van der Waals surface area contributed by atoms with Gasteiger partial charge in [-0.15, -0.1) is 35.3 Å². The minimum Gasteiger partial charge on any atom is -0.460 e. The molecule has 0 spiro atoms. The highest BCUT2D eigenvalue weighted by molar-refractivity contribution is 14.0. The predicted molar refractivity (Wildman–Crippen MR) is 124 cm³/mol. The summed E-state index contributed by atoms with van der Waals surface area (Å²) < 4.78 is 5.31. The molecule has 1 heterocycles. The molecule has 1 aromatic heterocycles. The zero-order valence-electron chi connectivity index (χ0n) is 17.5. The lowest BCUT2D eigenvalue weighted by Gasteiger charge is -2.21. The molecule has 0 aliphatic carbocycles. The number of guanidine groups is 1. The zero-order chi connectivity index (χ0) is 19.6. The third-order valence-corrected chi connectivity index (χ3v) is 4.47. The SMILES string of the molecule is CN=C(NCCCCCCC(=O)OC(C)(C)C)N(C)Cc1csc(C)n1.I. The maximum absolute atomic E-state index is 11.6. The Labute approximate surface area is 185 Å². The summed E-state index contributed by atoms with van der Waals surface area (Å²) in [6, 6.07) is 0. The third kappa shape index (κ3) is 12.2. The number of nitrogens with zero attached hydrogens (tertiary/aromatic N) is 3. The molecule has 0 aromatic carbocycles. The van der Waals surface area contributed by atoms with Crippen LogP contribution in [0.4, 0.5) is 0 Å². The first kappa shape index (κ1) is 26.1. The van der Waals surface area contributed by atoms with Crippen LogP contribution in [0.3, 0.4) is 0 Å². The molecule has 0 saturated carbocycles. The number of esters is 1. The lowest BCUT2D eigenvalue weighted by Crippen LogP contribution is -2.38. The molecule has 1 N–H and O–H groups in total. The molecule has 1 rings (SSSR count). The van der Waals surface area contributed by atoms with Crippen LogP contribution in [-0.4, -0.2) is 48.1 Å². The molecule has 6 nitrogen and oxygen atoms in total. The largest absolute Gasteiger partial charge is 0.460 e. The maximum atomic E-state index is 11.6. The number of carbonyl (C=O) groups is 1. The van der Waals surface area contributed by atoms with E-state index in [4.69, 9.17) is 4.74 Å². The van der Waals surface area contributed by atoms with Gasteiger partial charge in [0.15, 0.2) is 5.96 Å². The Morgan fingerprint density at radius 1 is 1.30 bits per heavy atom. The topological polar surface area (TPSA) is 66.8 Å². The molecule has 1 aromatic rings. The number of hydrogen-bond acceptors (Lipinski definition) is 5. The van der Waals surface area contributed by atoms with Gasteiger partial charge in [-0.05, 0) is 40.5 Å². The summed E-state index contributed by atoms with van der Waals surface area (Å²) in [6.07, 6.45) is 4.56. The molecule has 156 valence electrons. The Kier molecular flexibility index (Phi) is 12.9. The fraction of sp³-hybridized carbons (Fsp3) is 0.737. The van der Waals surface area contributed by atoms with Crippen LogP contribution in [0.25, 0.3) is 0 Å². The third-order valence-electron chi connectivity index (χ3n) is 3.65. The Bertz CT molecular complexity index is 585. The van der Waals surface area contributed by atoms with E-state index in [1.165, 1.54) is 0 Å². The van der Waals surface area contributed by atoms with E-state index in [0.717, 1.165) is 55.4 Å². The maximum Gasteiger partial charge on any atom is 0.306 e. The normalized spacial score (nSPS) is 11.7. The molecule has 0 aliphatic heterocycles. The van der Waals surface area contributed by atoms with Gasteiger partial charge >= 0.3 is 5.97 Å². The fourth-order valence-corrected chi connectivity index (χ4v) is 3.13. The van der Waals surface area contributed by atoms with Crippen molar-refractivity contribution in [2.24, 2.45) is 4.99 Å². The smallest absolute Gasteiger partial charge is 0.306 e. The zero-order valence-corrected chi connectivity index (χ0v) is 20.6. The Morgan fingerprint density at radius 3 is 2.52 bits per heavy atom. The molecule has 0 fully saturated rings. The van der Waals surface area contributed by atoms with E-state index < -0.39 is 0 Å². The van der Waals surface area contributed by atoms with Gasteiger partial charge in [0.25, 0.3) is 0 Å². The van der Waals surface area contributed by atoms with E-state index in [9.17, 15) is 4.79 Å². The highest BCUT2D eigenvalue weighted by Crippen LogP contribution is 2.11. The molecule has 0 bridgehead atoms. The molecule has 0 radical (unpaired) electrons. The van der Waals surface area contributed by atoms with Gasteiger partial charge < -0.3 is 15.0 Å². The van der Waals surface area contributed by atoms with Gasteiger partial charge in [0, 0.05) is 32.4 Å². The molecule has 0 saturated heterocycles. The number of aromatic nitrogens is 1. The van der Waals surface area contributed by atoms with Gasteiger partial charge in [0.05, 0.1) is 17.2 Å². The van der Waals surface area contributed by atoms with E-state index in [1.54, 1.807) is 18.4 Å². The van der Waals surface area contributed by atoms with Crippen LogP contribution in [0, 0.1) is 6.92 Å². The van der Waals surface area contributed by atoms with Crippen LogP contribution in [0.15, 0.2) is 10.4 Å². The summed E-state index contributed by atoms with van der Waals surface area (Å²) in [7, 11) is 3.82. The number of aliphatic imine (C=N–C) groups is 1. The number of rotatable bonds is 9. The van der Waals surface area contributed by atoms with Crippen molar-refractivity contribution in [3.63, 3.8) is 0 Å². The minimum absolute atomic E-state index is 0. The second-order valence-corrected chi connectivity index (χ2v) is 8.50. The van der Waals surface area contributed by atoms with Crippen molar-refractivity contribution in [3.8, 4) is 0 Å². The number of aryl methyl sites for hydroxylation is 1. The first-order valence-corrected chi connectivity index (χ1v) is 10.1. The van der Waals surface area contributed by atoms with Crippen LogP contribution >= 0.6 is 35.3 Å². The molecule has 0 atom stereocenters. The summed E-state index contributed by atoms with van der Waals surface area (Å²) in [5.41, 5.74) is 0.681. The van der Waals surface area contributed by atoms with Crippen LogP contribution in [0.1, 0.15) is 63.6 Å². The summed E-state index contributed by atoms with van der Waals surface area (Å²) in [5.74, 6) is 0.777. The Hall–Kier alpha value is -0.900. The van der Waals surface area contributed by atoms with Gasteiger partial charge in [-0.2, -0.15) is 0 Å². The standard InChI is InChI=1S/C19H34N4O2S.HI/c1-15-22-16(14-26-15)13-23(6)18(20-5)21-12-10-8-7-9-11-17(24)25-19(2,3)4;/h14H,7-13H2,1-6H3,(H,20,21);1H. The van der Waals surface area contributed by atoms with Gasteiger partial charge in [-0.3, -0.25) is 9.79 Å². The Morgan fingerprint density at radius 2 is 1.96 bits per heavy atom. The molecule has 0 unspecified atom stereocenters. The number of halogens is 1. The van der Waals surface area contributed by atoms with Gasteiger partial charge in [0.1, 0.15) is 5.60 Å². The number of nitrogens with one attached hydrogen (secondary N) is 1. The summed E-state index contributed by atoms with van der Waals surface area (Å²) in [5, 5.41) is 6.56. The monoisotopic (exact) mass is 510 g/mol.